The number of fused-ring (bicyclic) bond motifs is 12. The Hall–Kier alpha value is -6.84. The minimum Gasteiger partial charge on any atom is -0.293 e. The number of anilines is 3. The molecule has 240 valence electrons. The van der Waals surface area contributed by atoms with Crippen molar-refractivity contribution in [1.29, 1.82) is 0 Å². The van der Waals surface area contributed by atoms with Crippen molar-refractivity contribution in [3.8, 4) is 44.8 Å². The molecule has 0 atom stereocenters. The van der Waals surface area contributed by atoms with E-state index in [0.29, 0.717) is 5.82 Å². The highest BCUT2D eigenvalue weighted by molar-refractivity contribution is 6.21. The molecule has 0 fully saturated rings. The van der Waals surface area contributed by atoms with Crippen LogP contribution in [0.3, 0.4) is 0 Å². The summed E-state index contributed by atoms with van der Waals surface area (Å²) in [6.07, 6.45) is 0. The van der Waals surface area contributed by atoms with Crippen molar-refractivity contribution in [2.75, 3.05) is 4.90 Å². The average molecular weight is 660 g/mol. The van der Waals surface area contributed by atoms with Gasteiger partial charge < -0.3 is 0 Å². The molecule has 0 unspecified atom stereocenters. The first-order chi connectivity index (χ1) is 25.8. The topological polar surface area (TPSA) is 29.0 Å². The van der Waals surface area contributed by atoms with E-state index < -0.39 is 5.41 Å². The Kier molecular flexibility index (Phi) is 5.43. The predicted octanol–water partition coefficient (Wildman–Crippen LogP) is 12.2. The third-order valence-electron chi connectivity index (χ3n) is 11.6. The summed E-state index contributed by atoms with van der Waals surface area (Å²) in [5.74, 6) is 1.60. The first kappa shape index (κ1) is 27.9. The van der Waals surface area contributed by atoms with Gasteiger partial charge in [-0.25, -0.2) is 9.97 Å². The monoisotopic (exact) mass is 659 g/mol. The van der Waals surface area contributed by atoms with E-state index in [2.05, 4.69) is 175 Å². The largest absolute Gasteiger partial charge is 0.293 e. The van der Waals surface area contributed by atoms with Gasteiger partial charge in [0, 0.05) is 21.9 Å². The molecular formula is C49H29N3. The van der Waals surface area contributed by atoms with Crippen molar-refractivity contribution < 1.29 is 0 Å². The van der Waals surface area contributed by atoms with Crippen LogP contribution in [0.2, 0.25) is 0 Å². The lowest BCUT2D eigenvalue weighted by molar-refractivity contribution is 0.773. The molecule has 0 amide bonds. The fraction of sp³-hybridized carbons (Fsp3) is 0.0204. The summed E-state index contributed by atoms with van der Waals surface area (Å²) in [7, 11) is 0. The molecule has 1 aliphatic heterocycles. The molecule has 0 saturated heterocycles. The van der Waals surface area contributed by atoms with Gasteiger partial charge in [-0.05, 0) is 79.7 Å². The number of para-hydroxylation sites is 2. The standard InChI is InChI=1S/C49H29N3/c1-2-14-30(15-3-1)47-50-42-24-12-7-20-37(42)48(51-47)52-43-25-13-8-19-34(43)36-27-26-35-33-18-6-11-23-40(33)49(41-28-29-44(52)46(36)45(35)41)38-21-9-4-16-31(38)32-17-5-10-22-39(32)49/h1-29H. The van der Waals surface area contributed by atoms with Gasteiger partial charge in [0.05, 0.1) is 22.3 Å². The van der Waals surface area contributed by atoms with E-state index in [1.807, 2.05) is 6.07 Å². The van der Waals surface area contributed by atoms with Gasteiger partial charge in [0.15, 0.2) is 5.82 Å². The smallest absolute Gasteiger partial charge is 0.162 e. The fourth-order valence-corrected chi connectivity index (χ4v) is 9.63. The SMILES string of the molecule is c1ccc(-c2nc(N3c4ccccc4-c4ccc5c6c(ccc3c46)C3(c4ccccc4-c4ccccc43)c3ccccc3-5)c3ccccc3n2)cc1. The minimum atomic E-state index is -0.460. The molecule has 9 aromatic rings. The summed E-state index contributed by atoms with van der Waals surface area (Å²) in [5, 5.41) is 3.58. The van der Waals surface area contributed by atoms with E-state index in [4.69, 9.17) is 9.97 Å². The summed E-state index contributed by atoms with van der Waals surface area (Å²) < 4.78 is 0. The summed E-state index contributed by atoms with van der Waals surface area (Å²) >= 11 is 0. The normalized spacial score (nSPS) is 13.9. The summed E-state index contributed by atoms with van der Waals surface area (Å²) in [6, 6.07) is 64.2. The van der Waals surface area contributed by atoms with Gasteiger partial charge in [0.2, 0.25) is 0 Å². The highest BCUT2D eigenvalue weighted by atomic mass is 15.2. The van der Waals surface area contributed by atoms with Crippen molar-refractivity contribution in [2.45, 2.75) is 5.41 Å². The van der Waals surface area contributed by atoms with Crippen LogP contribution < -0.4 is 4.90 Å². The van der Waals surface area contributed by atoms with Crippen LogP contribution in [-0.4, -0.2) is 9.97 Å². The molecule has 0 N–H and O–H groups in total. The Morgan fingerprint density at radius 3 is 1.63 bits per heavy atom. The molecule has 3 heteroatoms. The van der Waals surface area contributed by atoms with Crippen molar-refractivity contribution in [2.24, 2.45) is 0 Å². The molecule has 2 aliphatic carbocycles. The lowest BCUT2D eigenvalue weighted by atomic mass is 9.61. The van der Waals surface area contributed by atoms with Gasteiger partial charge in [-0.2, -0.15) is 0 Å². The highest BCUT2D eigenvalue weighted by Gasteiger charge is 2.50. The second kappa shape index (κ2) is 10.1. The molecule has 0 saturated carbocycles. The molecule has 2 heterocycles. The Labute approximate surface area is 301 Å². The zero-order valence-electron chi connectivity index (χ0n) is 28.1. The van der Waals surface area contributed by atoms with Gasteiger partial charge in [-0.3, -0.25) is 4.90 Å². The van der Waals surface area contributed by atoms with Crippen LogP contribution in [0, 0.1) is 0 Å². The Morgan fingerprint density at radius 2 is 0.923 bits per heavy atom. The van der Waals surface area contributed by atoms with Crippen molar-refractivity contribution in [3.63, 3.8) is 0 Å². The number of rotatable bonds is 2. The van der Waals surface area contributed by atoms with Crippen molar-refractivity contribution >= 4 is 38.9 Å². The lowest BCUT2D eigenvalue weighted by Gasteiger charge is -2.42. The quantitative estimate of drug-likeness (QED) is 0.185. The van der Waals surface area contributed by atoms with Crippen molar-refractivity contribution in [3.05, 3.63) is 198 Å². The van der Waals surface area contributed by atoms with Gasteiger partial charge in [0.1, 0.15) is 5.82 Å². The van der Waals surface area contributed by atoms with Crippen LogP contribution in [-0.2, 0) is 5.41 Å². The van der Waals surface area contributed by atoms with Crippen LogP contribution in [0.25, 0.3) is 66.4 Å². The van der Waals surface area contributed by atoms with Gasteiger partial charge in [-0.15, -0.1) is 0 Å². The summed E-state index contributed by atoms with van der Waals surface area (Å²) in [4.78, 5) is 12.9. The fourth-order valence-electron chi connectivity index (χ4n) is 9.63. The van der Waals surface area contributed by atoms with E-state index in [9.17, 15) is 0 Å². The molecule has 1 spiro atoms. The first-order valence-corrected chi connectivity index (χ1v) is 17.9. The summed E-state index contributed by atoms with van der Waals surface area (Å²) in [5.41, 5.74) is 16.7. The second-order valence-electron chi connectivity index (χ2n) is 14.0. The zero-order valence-corrected chi connectivity index (χ0v) is 28.1. The number of hydrogen-bond acceptors (Lipinski definition) is 3. The molecular weight excluding hydrogens is 631 g/mol. The Balaban J connectivity index is 1.24. The third-order valence-corrected chi connectivity index (χ3v) is 11.6. The highest BCUT2D eigenvalue weighted by Crippen LogP contribution is 2.64. The molecule has 1 aromatic heterocycles. The van der Waals surface area contributed by atoms with Crippen LogP contribution in [0.5, 0.6) is 0 Å². The minimum absolute atomic E-state index is 0.460. The van der Waals surface area contributed by atoms with E-state index in [0.717, 1.165) is 33.7 Å². The van der Waals surface area contributed by atoms with Gasteiger partial charge in [-0.1, -0.05) is 152 Å². The molecule has 0 bridgehead atoms. The predicted molar refractivity (Wildman–Crippen MR) is 212 cm³/mol. The molecule has 3 nitrogen and oxygen atoms in total. The Bertz CT molecular complexity index is 2930. The van der Waals surface area contributed by atoms with E-state index >= 15 is 0 Å². The van der Waals surface area contributed by atoms with Crippen LogP contribution in [0.1, 0.15) is 22.3 Å². The van der Waals surface area contributed by atoms with Crippen LogP contribution in [0.15, 0.2) is 176 Å². The number of hydrogen-bond donors (Lipinski definition) is 0. The number of benzene rings is 8. The molecule has 12 rings (SSSR count). The zero-order chi connectivity index (χ0) is 34.0. The van der Waals surface area contributed by atoms with Crippen molar-refractivity contribution in [1.82, 2.24) is 9.97 Å². The maximum absolute atomic E-state index is 5.41. The average Bonchev–Trinajstić information content (AvgIpc) is 3.51. The third kappa shape index (κ3) is 3.40. The number of nitrogens with zero attached hydrogens (tertiary/aromatic N) is 3. The van der Waals surface area contributed by atoms with Gasteiger partial charge in [0.25, 0.3) is 0 Å². The maximum Gasteiger partial charge on any atom is 0.162 e. The first-order valence-electron chi connectivity index (χ1n) is 17.9. The molecule has 3 aliphatic rings. The van der Waals surface area contributed by atoms with Gasteiger partial charge >= 0.3 is 0 Å². The molecule has 8 aromatic carbocycles. The Morgan fingerprint density at radius 1 is 0.365 bits per heavy atom. The number of aromatic nitrogens is 2. The maximum atomic E-state index is 5.41. The molecule has 52 heavy (non-hydrogen) atoms. The van der Waals surface area contributed by atoms with E-state index in [1.165, 1.54) is 66.4 Å². The van der Waals surface area contributed by atoms with Crippen LogP contribution >= 0.6 is 0 Å². The van der Waals surface area contributed by atoms with E-state index in [-0.39, 0.29) is 0 Å². The van der Waals surface area contributed by atoms with Crippen LogP contribution in [0.4, 0.5) is 17.2 Å². The summed E-state index contributed by atoms with van der Waals surface area (Å²) in [6.45, 7) is 0. The lowest BCUT2D eigenvalue weighted by Crippen LogP contribution is -2.32. The molecule has 0 radical (unpaired) electrons. The van der Waals surface area contributed by atoms with E-state index in [1.54, 1.807) is 0 Å². The second-order valence-corrected chi connectivity index (χ2v) is 14.0.